The lowest BCUT2D eigenvalue weighted by Crippen LogP contribution is -2.20. The molecule has 0 spiro atoms. The Morgan fingerprint density at radius 2 is 2.40 bits per heavy atom. The van der Waals surface area contributed by atoms with Crippen LogP contribution in [0.3, 0.4) is 0 Å². The number of hydrogen-bond acceptors (Lipinski definition) is 3. The molecule has 1 aliphatic rings. The molecule has 82 valence electrons. The summed E-state index contributed by atoms with van der Waals surface area (Å²) >= 11 is 0. The van der Waals surface area contributed by atoms with E-state index in [2.05, 4.69) is 4.98 Å². The first-order valence-electron chi connectivity index (χ1n) is 4.97. The van der Waals surface area contributed by atoms with Crippen molar-refractivity contribution in [1.29, 1.82) is 0 Å². The van der Waals surface area contributed by atoms with E-state index in [4.69, 9.17) is 9.84 Å². The molecule has 5 nitrogen and oxygen atoms in total. The average Bonchev–Trinajstić information content (AvgIpc) is 2.55. The molecule has 1 N–H and O–H groups in total. The second-order valence-electron chi connectivity index (χ2n) is 3.77. The summed E-state index contributed by atoms with van der Waals surface area (Å²) < 4.78 is 6.83. The molecule has 1 aromatic heterocycles. The zero-order valence-electron chi connectivity index (χ0n) is 8.86. The first-order chi connectivity index (χ1) is 7.15. The second kappa shape index (κ2) is 3.56. The molecular formula is C10H14N2O3. The molecule has 0 aromatic carbocycles. The van der Waals surface area contributed by atoms with E-state index in [1.807, 2.05) is 0 Å². The maximum absolute atomic E-state index is 11.1. The van der Waals surface area contributed by atoms with Crippen molar-refractivity contribution in [3.63, 3.8) is 0 Å². The Morgan fingerprint density at radius 3 is 3.00 bits per heavy atom. The zero-order chi connectivity index (χ0) is 11.0. The number of ether oxygens (including phenoxy) is 1. The van der Waals surface area contributed by atoms with Gasteiger partial charge in [-0.3, -0.25) is 4.79 Å². The largest absolute Gasteiger partial charge is 0.481 e. The fraction of sp³-hybridized carbons (Fsp3) is 0.600. The van der Waals surface area contributed by atoms with Gasteiger partial charge in [-0.25, -0.2) is 4.98 Å². The van der Waals surface area contributed by atoms with Gasteiger partial charge in [-0.15, -0.1) is 0 Å². The van der Waals surface area contributed by atoms with Gasteiger partial charge in [-0.05, 0) is 19.3 Å². The molecule has 0 saturated carbocycles. The molecule has 0 amide bonds. The van der Waals surface area contributed by atoms with Crippen LogP contribution in [0, 0.1) is 0 Å². The van der Waals surface area contributed by atoms with Crippen molar-refractivity contribution in [2.45, 2.75) is 25.2 Å². The summed E-state index contributed by atoms with van der Waals surface area (Å²) in [4.78, 5) is 15.4. The lowest BCUT2D eigenvalue weighted by molar-refractivity contribution is -0.139. The third-order valence-corrected chi connectivity index (χ3v) is 2.89. The maximum Gasteiger partial charge on any atom is 0.312 e. The summed E-state index contributed by atoms with van der Waals surface area (Å²) in [5, 5.41) is 9.11. The lowest BCUT2D eigenvalue weighted by Gasteiger charge is -2.19. The van der Waals surface area contributed by atoms with Gasteiger partial charge < -0.3 is 14.4 Å². The van der Waals surface area contributed by atoms with Gasteiger partial charge >= 0.3 is 5.97 Å². The average molecular weight is 210 g/mol. The Kier molecular flexibility index (Phi) is 2.38. The summed E-state index contributed by atoms with van der Waals surface area (Å²) in [6.07, 6.45) is 2.41. The van der Waals surface area contributed by atoms with Crippen molar-refractivity contribution >= 4 is 5.97 Å². The minimum atomic E-state index is -0.776. The van der Waals surface area contributed by atoms with Gasteiger partial charge in [0.1, 0.15) is 0 Å². The van der Waals surface area contributed by atoms with Gasteiger partial charge in [-0.2, -0.15) is 0 Å². The summed E-state index contributed by atoms with van der Waals surface area (Å²) in [7, 11) is 3.34. The Balaban J connectivity index is 2.50. The molecule has 15 heavy (non-hydrogen) atoms. The molecule has 1 aliphatic carbocycles. The van der Waals surface area contributed by atoms with Crippen molar-refractivity contribution in [1.82, 2.24) is 9.55 Å². The van der Waals surface area contributed by atoms with Crippen molar-refractivity contribution in [2.75, 3.05) is 7.11 Å². The highest BCUT2D eigenvalue weighted by Gasteiger charge is 2.31. The Labute approximate surface area is 87.7 Å². The molecular weight excluding hydrogens is 196 g/mol. The van der Waals surface area contributed by atoms with Crippen LogP contribution in [0.1, 0.15) is 30.1 Å². The summed E-state index contributed by atoms with van der Waals surface area (Å²) in [5.41, 5.74) is 1.67. The summed E-state index contributed by atoms with van der Waals surface area (Å²) in [6, 6.07) is 0.494. The number of aromatic nitrogens is 2. The normalized spacial score (nSPS) is 19.7. The Hall–Kier alpha value is -1.52. The van der Waals surface area contributed by atoms with E-state index in [0.29, 0.717) is 12.4 Å². The quantitative estimate of drug-likeness (QED) is 0.788. The standard InChI is InChI=1S/C10H14N2O3/c1-12-8-6(9(13)14)4-3-5-7(8)11-10(12)15-2/h6H,3-5H2,1-2H3,(H,13,14). The molecule has 2 rings (SSSR count). The van der Waals surface area contributed by atoms with Gasteiger partial charge in [0.2, 0.25) is 0 Å². The van der Waals surface area contributed by atoms with Gasteiger partial charge in [0.25, 0.3) is 6.01 Å². The number of hydrogen-bond donors (Lipinski definition) is 1. The Bertz CT molecular complexity index is 398. The van der Waals surface area contributed by atoms with E-state index in [-0.39, 0.29) is 0 Å². The number of aliphatic carboxylic acids is 1. The van der Waals surface area contributed by atoms with Crippen LogP contribution in [0.25, 0.3) is 0 Å². The number of aryl methyl sites for hydroxylation is 1. The highest BCUT2D eigenvalue weighted by molar-refractivity contribution is 5.76. The van der Waals surface area contributed by atoms with Crippen LogP contribution < -0.4 is 4.74 Å². The van der Waals surface area contributed by atoms with Gasteiger partial charge in [0.15, 0.2) is 0 Å². The molecule has 1 heterocycles. The van der Waals surface area contributed by atoms with Gasteiger partial charge in [0.05, 0.1) is 24.4 Å². The molecule has 0 radical (unpaired) electrons. The second-order valence-corrected chi connectivity index (χ2v) is 3.77. The lowest BCUT2D eigenvalue weighted by atomic mass is 9.90. The number of rotatable bonds is 2. The Morgan fingerprint density at radius 1 is 1.67 bits per heavy atom. The minimum Gasteiger partial charge on any atom is -0.481 e. The van der Waals surface area contributed by atoms with E-state index in [0.717, 1.165) is 24.2 Å². The van der Waals surface area contributed by atoms with E-state index >= 15 is 0 Å². The smallest absolute Gasteiger partial charge is 0.312 e. The number of carboxylic acids is 1. The molecule has 1 unspecified atom stereocenters. The van der Waals surface area contributed by atoms with Crippen LogP contribution >= 0.6 is 0 Å². The van der Waals surface area contributed by atoms with Crippen LogP contribution in [0.5, 0.6) is 6.01 Å². The highest BCUT2D eigenvalue weighted by atomic mass is 16.5. The van der Waals surface area contributed by atoms with Crippen molar-refractivity contribution in [3.05, 3.63) is 11.4 Å². The predicted octanol–water partition coefficient (Wildman–Crippen LogP) is 0.933. The van der Waals surface area contributed by atoms with Crippen molar-refractivity contribution < 1.29 is 14.6 Å². The van der Waals surface area contributed by atoms with E-state index in [9.17, 15) is 4.79 Å². The first-order valence-corrected chi connectivity index (χ1v) is 4.97. The van der Waals surface area contributed by atoms with Crippen LogP contribution in [0.4, 0.5) is 0 Å². The number of methoxy groups -OCH3 is 1. The topological polar surface area (TPSA) is 64.4 Å². The van der Waals surface area contributed by atoms with Gasteiger partial charge in [0, 0.05) is 7.05 Å². The monoisotopic (exact) mass is 210 g/mol. The molecule has 1 aromatic rings. The van der Waals surface area contributed by atoms with E-state index in [1.165, 1.54) is 0 Å². The van der Waals surface area contributed by atoms with Crippen molar-refractivity contribution in [3.8, 4) is 6.01 Å². The summed E-state index contributed by atoms with van der Waals surface area (Å²) in [5.74, 6) is -1.21. The van der Waals surface area contributed by atoms with Crippen LogP contribution in [-0.2, 0) is 18.3 Å². The predicted molar refractivity (Wildman–Crippen MR) is 53.1 cm³/mol. The number of carbonyl (C=O) groups is 1. The number of fused-ring (bicyclic) bond motifs is 1. The van der Waals surface area contributed by atoms with Crippen LogP contribution in [0.15, 0.2) is 0 Å². The third kappa shape index (κ3) is 1.48. The molecule has 0 aliphatic heterocycles. The third-order valence-electron chi connectivity index (χ3n) is 2.89. The number of carboxylic acid groups (broad SMARTS) is 1. The zero-order valence-corrected chi connectivity index (χ0v) is 8.86. The molecule has 1 atom stereocenters. The van der Waals surface area contributed by atoms with Crippen LogP contribution in [0.2, 0.25) is 0 Å². The molecule has 5 heteroatoms. The summed E-state index contributed by atoms with van der Waals surface area (Å²) in [6.45, 7) is 0. The van der Waals surface area contributed by atoms with Crippen molar-refractivity contribution in [2.24, 2.45) is 7.05 Å². The fourth-order valence-corrected chi connectivity index (χ4v) is 2.20. The van der Waals surface area contributed by atoms with E-state index in [1.54, 1.807) is 18.7 Å². The number of nitrogens with zero attached hydrogens (tertiary/aromatic N) is 2. The molecule has 0 fully saturated rings. The highest BCUT2D eigenvalue weighted by Crippen LogP contribution is 2.33. The number of imidazole rings is 1. The first kappa shape index (κ1) is 10.0. The maximum atomic E-state index is 11.1. The fourth-order valence-electron chi connectivity index (χ4n) is 2.20. The minimum absolute atomic E-state index is 0.435. The van der Waals surface area contributed by atoms with Crippen LogP contribution in [-0.4, -0.2) is 27.7 Å². The SMILES string of the molecule is COc1nc2c(n1C)C(C(=O)O)CCC2. The van der Waals surface area contributed by atoms with Gasteiger partial charge in [-0.1, -0.05) is 0 Å². The molecule has 0 saturated heterocycles. The molecule has 0 bridgehead atoms. The van der Waals surface area contributed by atoms with E-state index < -0.39 is 11.9 Å².